The van der Waals surface area contributed by atoms with Gasteiger partial charge < -0.3 is 19.4 Å². The minimum absolute atomic E-state index is 0.0636. The van der Waals surface area contributed by atoms with Gasteiger partial charge >= 0.3 is 0 Å². The fourth-order valence-corrected chi connectivity index (χ4v) is 4.36. The highest BCUT2D eigenvalue weighted by atomic mass is 16.5. The predicted octanol–water partition coefficient (Wildman–Crippen LogP) is 2.00. The highest BCUT2D eigenvalue weighted by Crippen LogP contribution is 2.33. The summed E-state index contributed by atoms with van der Waals surface area (Å²) >= 11 is 0. The van der Waals surface area contributed by atoms with Gasteiger partial charge in [-0.25, -0.2) is 4.98 Å². The number of ether oxygens (including phenoxy) is 2. The second kappa shape index (κ2) is 7.28. The van der Waals surface area contributed by atoms with Gasteiger partial charge in [-0.05, 0) is 30.3 Å². The molecular formula is C22H24N3O3+. The first kappa shape index (κ1) is 17.3. The Bertz CT molecular complexity index is 1060. The maximum atomic E-state index is 12.4. The highest BCUT2D eigenvalue weighted by molar-refractivity contribution is 5.77. The molecule has 2 aliphatic heterocycles. The molecule has 1 saturated heterocycles. The topological polar surface area (TPSA) is 68.7 Å². The lowest BCUT2D eigenvalue weighted by molar-refractivity contribution is -0.932. The number of hydrogen-bond donors (Lipinski definition) is 2. The van der Waals surface area contributed by atoms with Gasteiger partial charge in [0.1, 0.15) is 12.6 Å². The molecule has 0 bridgehead atoms. The molecule has 1 unspecified atom stereocenters. The second-order valence-corrected chi connectivity index (χ2v) is 7.57. The molecule has 0 amide bonds. The van der Waals surface area contributed by atoms with Gasteiger partial charge in [-0.1, -0.05) is 12.1 Å². The number of quaternary nitrogens is 1. The van der Waals surface area contributed by atoms with Crippen LogP contribution in [0, 0.1) is 0 Å². The SMILES string of the molecule is O=c1[nH]c(C[NH+]2CCC[C@H]2c2ccc3c(c2)OCCCO3)nc2ccccc12. The Morgan fingerprint density at radius 3 is 2.86 bits per heavy atom. The Morgan fingerprint density at radius 2 is 1.93 bits per heavy atom. The van der Waals surface area contributed by atoms with E-state index in [1.807, 2.05) is 30.3 Å². The van der Waals surface area contributed by atoms with Gasteiger partial charge in [0.15, 0.2) is 17.3 Å². The monoisotopic (exact) mass is 378 g/mol. The number of aromatic amines is 1. The Morgan fingerprint density at radius 1 is 1.07 bits per heavy atom. The van der Waals surface area contributed by atoms with Crippen LogP contribution in [0.1, 0.15) is 36.7 Å². The summed E-state index contributed by atoms with van der Waals surface area (Å²) in [5.41, 5.74) is 1.96. The fourth-order valence-electron chi connectivity index (χ4n) is 4.36. The summed E-state index contributed by atoms with van der Waals surface area (Å²) in [5.74, 6) is 2.43. The van der Waals surface area contributed by atoms with Crippen molar-refractivity contribution in [1.29, 1.82) is 0 Å². The van der Waals surface area contributed by atoms with Gasteiger partial charge in [-0.15, -0.1) is 0 Å². The van der Waals surface area contributed by atoms with Crippen molar-refractivity contribution in [3.63, 3.8) is 0 Å². The summed E-state index contributed by atoms with van der Waals surface area (Å²) < 4.78 is 11.6. The normalized spacial score (nSPS) is 21.6. The van der Waals surface area contributed by atoms with Gasteiger partial charge in [0.2, 0.25) is 0 Å². The van der Waals surface area contributed by atoms with Crippen LogP contribution in [0.5, 0.6) is 11.5 Å². The Labute approximate surface area is 163 Å². The van der Waals surface area contributed by atoms with Crippen LogP contribution in [0.2, 0.25) is 0 Å². The lowest BCUT2D eigenvalue weighted by Gasteiger charge is -2.22. The van der Waals surface area contributed by atoms with Crippen molar-refractivity contribution >= 4 is 10.9 Å². The third kappa shape index (κ3) is 3.24. The minimum Gasteiger partial charge on any atom is -0.490 e. The molecule has 2 aliphatic rings. The number of nitrogens with zero attached hydrogens (tertiary/aromatic N) is 1. The van der Waals surface area contributed by atoms with Crippen molar-refractivity contribution < 1.29 is 14.4 Å². The van der Waals surface area contributed by atoms with E-state index in [0.717, 1.165) is 48.6 Å². The van der Waals surface area contributed by atoms with Crippen molar-refractivity contribution in [2.45, 2.75) is 31.8 Å². The zero-order valence-electron chi connectivity index (χ0n) is 15.7. The third-order valence-electron chi connectivity index (χ3n) is 5.71. The predicted molar refractivity (Wildman–Crippen MR) is 106 cm³/mol. The molecule has 3 heterocycles. The van der Waals surface area contributed by atoms with Crippen LogP contribution in [0.4, 0.5) is 0 Å². The first-order chi connectivity index (χ1) is 13.8. The molecule has 144 valence electrons. The molecule has 2 atom stereocenters. The van der Waals surface area contributed by atoms with Crippen LogP contribution in [-0.2, 0) is 6.54 Å². The maximum absolute atomic E-state index is 12.4. The number of para-hydroxylation sites is 1. The summed E-state index contributed by atoms with van der Waals surface area (Å²) in [6.45, 7) is 3.17. The van der Waals surface area contributed by atoms with Crippen LogP contribution in [-0.4, -0.2) is 29.7 Å². The van der Waals surface area contributed by atoms with E-state index in [1.165, 1.54) is 10.5 Å². The summed E-state index contributed by atoms with van der Waals surface area (Å²) in [6, 6.07) is 14.2. The Kier molecular flexibility index (Phi) is 4.49. The fraction of sp³-hybridized carbons (Fsp3) is 0.364. The average molecular weight is 378 g/mol. The molecular weight excluding hydrogens is 354 g/mol. The summed E-state index contributed by atoms with van der Waals surface area (Å²) in [4.78, 5) is 21.5. The molecule has 2 N–H and O–H groups in total. The number of aromatic nitrogens is 2. The van der Waals surface area contributed by atoms with Crippen LogP contribution in [0.15, 0.2) is 47.3 Å². The standard InChI is InChI=1S/C22H23N3O3/c26-22-16-5-1-2-6-17(16)23-21(24-22)14-25-10-3-7-18(25)15-8-9-19-20(13-15)28-12-4-11-27-19/h1-2,5-6,8-9,13,18H,3-4,7,10-12,14H2,(H,23,24,26)/p+1/t18-/m0/s1. The number of hydrogen-bond acceptors (Lipinski definition) is 4. The minimum atomic E-state index is -0.0636. The molecule has 3 aromatic rings. The largest absolute Gasteiger partial charge is 0.490 e. The number of benzene rings is 2. The molecule has 5 rings (SSSR count). The van der Waals surface area contributed by atoms with Gasteiger partial charge in [0.05, 0.1) is 30.7 Å². The number of fused-ring (bicyclic) bond motifs is 2. The highest BCUT2D eigenvalue weighted by Gasteiger charge is 2.31. The van der Waals surface area contributed by atoms with Gasteiger partial charge in [-0.2, -0.15) is 0 Å². The van der Waals surface area contributed by atoms with E-state index in [2.05, 4.69) is 22.1 Å². The summed E-state index contributed by atoms with van der Waals surface area (Å²) in [7, 11) is 0. The van der Waals surface area contributed by atoms with E-state index in [9.17, 15) is 4.79 Å². The Balaban J connectivity index is 1.42. The lowest BCUT2D eigenvalue weighted by Crippen LogP contribution is -3.09. The number of likely N-dealkylation sites (tertiary alicyclic amines) is 1. The van der Waals surface area contributed by atoms with E-state index in [1.54, 1.807) is 0 Å². The zero-order chi connectivity index (χ0) is 18.9. The lowest BCUT2D eigenvalue weighted by atomic mass is 10.0. The number of H-pyrrole nitrogens is 1. The summed E-state index contributed by atoms with van der Waals surface area (Å²) in [6.07, 6.45) is 3.19. The van der Waals surface area contributed by atoms with Crippen molar-refractivity contribution in [3.8, 4) is 11.5 Å². The molecule has 1 fully saturated rings. The smallest absolute Gasteiger partial charge is 0.258 e. The second-order valence-electron chi connectivity index (χ2n) is 7.57. The van der Waals surface area contributed by atoms with Crippen LogP contribution in [0.3, 0.4) is 0 Å². The van der Waals surface area contributed by atoms with Crippen molar-refractivity contribution in [1.82, 2.24) is 9.97 Å². The molecule has 0 aliphatic carbocycles. The van der Waals surface area contributed by atoms with E-state index < -0.39 is 0 Å². The van der Waals surface area contributed by atoms with Crippen LogP contribution >= 0.6 is 0 Å². The van der Waals surface area contributed by atoms with Gasteiger partial charge in [0.25, 0.3) is 5.56 Å². The van der Waals surface area contributed by atoms with Crippen LogP contribution in [0.25, 0.3) is 10.9 Å². The van der Waals surface area contributed by atoms with Crippen molar-refractivity contribution in [2.24, 2.45) is 0 Å². The maximum Gasteiger partial charge on any atom is 0.258 e. The number of rotatable bonds is 3. The Hall–Kier alpha value is -2.86. The third-order valence-corrected chi connectivity index (χ3v) is 5.71. The first-order valence-electron chi connectivity index (χ1n) is 10.00. The van der Waals surface area contributed by atoms with Crippen molar-refractivity contribution in [3.05, 3.63) is 64.2 Å². The molecule has 1 aromatic heterocycles. The molecule has 6 heteroatoms. The first-order valence-corrected chi connectivity index (χ1v) is 10.00. The molecule has 28 heavy (non-hydrogen) atoms. The van der Waals surface area contributed by atoms with Crippen LogP contribution < -0.4 is 19.9 Å². The molecule has 2 aromatic carbocycles. The molecule has 0 spiro atoms. The molecule has 0 saturated carbocycles. The average Bonchev–Trinajstić information content (AvgIpc) is 3.03. The summed E-state index contributed by atoms with van der Waals surface area (Å²) in [5, 5.41) is 0.641. The van der Waals surface area contributed by atoms with Gasteiger partial charge in [-0.3, -0.25) is 4.79 Å². The number of nitrogens with one attached hydrogen (secondary N) is 2. The quantitative estimate of drug-likeness (QED) is 0.732. The zero-order valence-corrected chi connectivity index (χ0v) is 15.7. The van der Waals surface area contributed by atoms with Gasteiger partial charge in [0, 0.05) is 24.8 Å². The van der Waals surface area contributed by atoms with E-state index in [4.69, 9.17) is 9.47 Å². The van der Waals surface area contributed by atoms with E-state index in [0.29, 0.717) is 31.2 Å². The van der Waals surface area contributed by atoms with E-state index >= 15 is 0 Å². The molecule has 6 nitrogen and oxygen atoms in total. The van der Waals surface area contributed by atoms with E-state index in [-0.39, 0.29) is 5.56 Å². The van der Waals surface area contributed by atoms with Crippen molar-refractivity contribution in [2.75, 3.05) is 19.8 Å². The molecule has 0 radical (unpaired) electrons.